The first-order valence-electron chi connectivity index (χ1n) is 5.68. The maximum Gasteiger partial charge on any atom is 0.0613 e. The SMILES string of the molecule is C=CC[C@@H](N[C@@H](C)COC)c1ccccc1. The molecule has 0 radical (unpaired) electrons. The highest BCUT2D eigenvalue weighted by Gasteiger charge is 2.12. The van der Waals surface area contributed by atoms with E-state index < -0.39 is 0 Å². The Hall–Kier alpha value is -1.12. The summed E-state index contributed by atoms with van der Waals surface area (Å²) in [6.45, 7) is 6.66. The van der Waals surface area contributed by atoms with Crippen LogP contribution in [0.2, 0.25) is 0 Å². The number of methoxy groups -OCH3 is 1. The van der Waals surface area contributed by atoms with Crippen molar-refractivity contribution in [1.29, 1.82) is 0 Å². The molecule has 2 nitrogen and oxygen atoms in total. The predicted octanol–water partition coefficient (Wildman–Crippen LogP) is 2.93. The zero-order valence-corrected chi connectivity index (χ0v) is 10.1. The van der Waals surface area contributed by atoms with E-state index in [0.29, 0.717) is 12.1 Å². The smallest absolute Gasteiger partial charge is 0.0613 e. The molecule has 2 atom stereocenters. The van der Waals surface area contributed by atoms with Gasteiger partial charge in [-0.15, -0.1) is 6.58 Å². The minimum absolute atomic E-state index is 0.323. The molecule has 0 amide bonds. The summed E-state index contributed by atoms with van der Waals surface area (Å²) in [4.78, 5) is 0. The second-order valence-electron chi connectivity index (χ2n) is 4.01. The molecule has 0 aliphatic carbocycles. The topological polar surface area (TPSA) is 21.3 Å². The average Bonchev–Trinajstić information content (AvgIpc) is 2.30. The van der Waals surface area contributed by atoms with Crippen molar-refractivity contribution in [2.24, 2.45) is 0 Å². The van der Waals surface area contributed by atoms with Gasteiger partial charge >= 0.3 is 0 Å². The van der Waals surface area contributed by atoms with Gasteiger partial charge in [0.2, 0.25) is 0 Å². The van der Waals surface area contributed by atoms with E-state index in [1.54, 1.807) is 7.11 Å². The van der Waals surface area contributed by atoms with Gasteiger partial charge in [-0.2, -0.15) is 0 Å². The lowest BCUT2D eigenvalue weighted by Gasteiger charge is -2.22. The first kappa shape index (κ1) is 12.9. The van der Waals surface area contributed by atoms with Crippen molar-refractivity contribution in [3.63, 3.8) is 0 Å². The fraction of sp³-hybridized carbons (Fsp3) is 0.429. The Labute approximate surface area is 98.3 Å². The molecule has 0 spiro atoms. The van der Waals surface area contributed by atoms with E-state index in [9.17, 15) is 0 Å². The Morgan fingerprint density at radius 1 is 1.38 bits per heavy atom. The lowest BCUT2D eigenvalue weighted by atomic mass is 10.0. The van der Waals surface area contributed by atoms with Gasteiger partial charge in [-0.25, -0.2) is 0 Å². The van der Waals surface area contributed by atoms with Crippen LogP contribution in [0.3, 0.4) is 0 Å². The third-order valence-corrected chi connectivity index (χ3v) is 2.51. The standard InChI is InChI=1S/C14H21NO/c1-4-8-14(15-12(2)11-16-3)13-9-6-5-7-10-13/h4-7,9-10,12,14-15H,1,8,11H2,2-3H3/t12-,14+/m0/s1. The first-order valence-corrected chi connectivity index (χ1v) is 5.68. The Morgan fingerprint density at radius 2 is 2.06 bits per heavy atom. The molecule has 1 aromatic rings. The summed E-state index contributed by atoms with van der Waals surface area (Å²) in [5.74, 6) is 0. The molecule has 88 valence electrons. The summed E-state index contributed by atoms with van der Waals surface area (Å²) in [6.07, 6.45) is 2.88. The molecule has 16 heavy (non-hydrogen) atoms. The Kier molecular flexibility index (Phi) is 5.83. The summed E-state index contributed by atoms with van der Waals surface area (Å²) in [7, 11) is 1.73. The van der Waals surface area contributed by atoms with Crippen LogP contribution in [0.5, 0.6) is 0 Å². The molecule has 0 fully saturated rings. The van der Waals surface area contributed by atoms with Crippen LogP contribution in [0.25, 0.3) is 0 Å². The van der Waals surface area contributed by atoms with Crippen molar-refractivity contribution in [2.75, 3.05) is 13.7 Å². The van der Waals surface area contributed by atoms with E-state index in [0.717, 1.165) is 13.0 Å². The molecule has 1 N–H and O–H groups in total. The molecule has 1 aromatic carbocycles. The number of benzene rings is 1. The maximum atomic E-state index is 5.13. The highest BCUT2D eigenvalue weighted by molar-refractivity contribution is 5.19. The van der Waals surface area contributed by atoms with Gasteiger partial charge in [0.1, 0.15) is 0 Å². The number of rotatable bonds is 7. The monoisotopic (exact) mass is 219 g/mol. The van der Waals surface area contributed by atoms with Crippen LogP contribution in [0.4, 0.5) is 0 Å². The van der Waals surface area contributed by atoms with Gasteiger partial charge in [0.25, 0.3) is 0 Å². The van der Waals surface area contributed by atoms with Gasteiger partial charge in [0.05, 0.1) is 6.61 Å². The van der Waals surface area contributed by atoms with E-state index in [2.05, 4.69) is 43.1 Å². The quantitative estimate of drug-likeness (QED) is 0.712. The van der Waals surface area contributed by atoms with Gasteiger partial charge in [-0.05, 0) is 18.9 Å². The summed E-state index contributed by atoms with van der Waals surface area (Å²) < 4.78 is 5.13. The summed E-state index contributed by atoms with van der Waals surface area (Å²) in [6, 6.07) is 11.1. The lowest BCUT2D eigenvalue weighted by molar-refractivity contribution is 0.166. The predicted molar refractivity (Wildman–Crippen MR) is 68.5 cm³/mol. The van der Waals surface area contributed by atoms with Crippen LogP contribution in [0.15, 0.2) is 43.0 Å². The second kappa shape index (κ2) is 7.20. The maximum absolute atomic E-state index is 5.13. The fourth-order valence-electron chi connectivity index (χ4n) is 1.79. The molecular formula is C14H21NO. The molecule has 0 bridgehead atoms. The van der Waals surface area contributed by atoms with E-state index >= 15 is 0 Å². The number of hydrogen-bond acceptors (Lipinski definition) is 2. The van der Waals surface area contributed by atoms with Crippen molar-refractivity contribution < 1.29 is 4.74 Å². The summed E-state index contributed by atoms with van der Waals surface area (Å²) in [5, 5.41) is 3.54. The Bertz CT molecular complexity index is 297. The van der Waals surface area contributed by atoms with E-state index in [-0.39, 0.29) is 0 Å². The van der Waals surface area contributed by atoms with Crippen molar-refractivity contribution in [3.8, 4) is 0 Å². The van der Waals surface area contributed by atoms with Gasteiger partial charge in [-0.3, -0.25) is 0 Å². The average molecular weight is 219 g/mol. The van der Waals surface area contributed by atoms with Gasteiger partial charge < -0.3 is 10.1 Å². The van der Waals surface area contributed by atoms with Crippen molar-refractivity contribution >= 4 is 0 Å². The molecule has 0 heterocycles. The summed E-state index contributed by atoms with van der Waals surface area (Å²) >= 11 is 0. The normalized spacial score (nSPS) is 14.4. The Balaban J connectivity index is 2.64. The highest BCUT2D eigenvalue weighted by atomic mass is 16.5. The minimum atomic E-state index is 0.323. The first-order chi connectivity index (χ1) is 7.77. The van der Waals surface area contributed by atoms with Gasteiger partial charge in [-0.1, -0.05) is 36.4 Å². The molecular weight excluding hydrogens is 198 g/mol. The summed E-state index contributed by atoms with van der Waals surface area (Å²) in [5.41, 5.74) is 1.30. The van der Waals surface area contributed by atoms with E-state index in [4.69, 9.17) is 4.74 Å². The fourth-order valence-corrected chi connectivity index (χ4v) is 1.79. The van der Waals surface area contributed by atoms with Crippen molar-refractivity contribution in [3.05, 3.63) is 48.6 Å². The van der Waals surface area contributed by atoms with Crippen LogP contribution in [0, 0.1) is 0 Å². The van der Waals surface area contributed by atoms with Crippen LogP contribution in [-0.2, 0) is 4.74 Å². The molecule has 0 aromatic heterocycles. The molecule has 0 unspecified atom stereocenters. The van der Waals surface area contributed by atoms with Crippen molar-refractivity contribution in [1.82, 2.24) is 5.32 Å². The molecule has 1 rings (SSSR count). The van der Waals surface area contributed by atoms with Crippen LogP contribution < -0.4 is 5.32 Å². The molecule has 0 aliphatic heterocycles. The number of nitrogens with one attached hydrogen (secondary N) is 1. The minimum Gasteiger partial charge on any atom is -0.383 e. The molecule has 2 heteroatoms. The van der Waals surface area contributed by atoms with Crippen LogP contribution >= 0.6 is 0 Å². The zero-order valence-electron chi connectivity index (χ0n) is 10.1. The van der Waals surface area contributed by atoms with Gasteiger partial charge in [0.15, 0.2) is 0 Å². The highest BCUT2D eigenvalue weighted by Crippen LogP contribution is 2.17. The van der Waals surface area contributed by atoms with E-state index in [1.165, 1.54) is 5.56 Å². The Morgan fingerprint density at radius 3 is 2.62 bits per heavy atom. The molecule has 0 saturated carbocycles. The van der Waals surface area contributed by atoms with E-state index in [1.807, 2.05) is 12.1 Å². The van der Waals surface area contributed by atoms with Crippen LogP contribution in [0.1, 0.15) is 24.9 Å². The number of hydrogen-bond donors (Lipinski definition) is 1. The zero-order chi connectivity index (χ0) is 11.8. The second-order valence-corrected chi connectivity index (χ2v) is 4.01. The molecule has 0 saturated heterocycles. The van der Waals surface area contributed by atoms with Crippen molar-refractivity contribution in [2.45, 2.75) is 25.4 Å². The number of ether oxygens (including phenoxy) is 1. The lowest BCUT2D eigenvalue weighted by Crippen LogP contribution is -2.33. The largest absolute Gasteiger partial charge is 0.383 e. The van der Waals surface area contributed by atoms with Crippen LogP contribution in [-0.4, -0.2) is 19.8 Å². The third kappa shape index (κ3) is 4.17. The van der Waals surface area contributed by atoms with Gasteiger partial charge in [0, 0.05) is 19.2 Å². The molecule has 0 aliphatic rings. The third-order valence-electron chi connectivity index (χ3n) is 2.51.